The number of nitrogens with zero attached hydrogens (tertiary/aromatic N) is 1. The Morgan fingerprint density at radius 3 is 2.72 bits per heavy atom. The molecule has 4 heteroatoms. The first-order valence-corrected chi connectivity index (χ1v) is 6.07. The summed E-state index contributed by atoms with van der Waals surface area (Å²) in [5.74, 6) is -0.398. The lowest BCUT2D eigenvalue weighted by molar-refractivity contribution is 0.627. The Morgan fingerprint density at radius 1 is 1.28 bits per heavy atom. The number of aromatic nitrogens is 1. The number of rotatable bonds is 3. The molecular formula is C14H14ClFN2. The SMILES string of the molecule is Cc1cncc(NC(C)c2ccc(F)c(Cl)c2)c1. The van der Waals surface area contributed by atoms with Gasteiger partial charge in [0.15, 0.2) is 0 Å². The third-order valence-corrected chi connectivity index (χ3v) is 2.99. The van der Waals surface area contributed by atoms with Crippen molar-refractivity contribution in [2.24, 2.45) is 0 Å². The fourth-order valence-corrected chi connectivity index (χ4v) is 1.94. The number of hydrogen-bond acceptors (Lipinski definition) is 2. The summed E-state index contributed by atoms with van der Waals surface area (Å²) in [5.41, 5.74) is 2.95. The van der Waals surface area contributed by atoms with Gasteiger partial charge in [-0.15, -0.1) is 0 Å². The molecule has 1 N–H and O–H groups in total. The van der Waals surface area contributed by atoms with Crippen LogP contribution in [-0.2, 0) is 0 Å². The van der Waals surface area contributed by atoms with E-state index >= 15 is 0 Å². The summed E-state index contributed by atoms with van der Waals surface area (Å²) in [4.78, 5) is 4.11. The van der Waals surface area contributed by atoms with Crippen LogP contribution in [0.2, 0.25) is 5.02 Å². The quantitative estimate of drug-likeness (QED) is 0.891. The first kappa shape index (κ1) is 12.8. The van der Waals surface area contributed by atoms with Crippen molar-refractivity contribution in [3.8, 4) is 0 Å². The third-order valence-electron chi connectivity index (χ3n) is 2.70. The van der Waals surface area contributed by atoms with E-state index in [0.717, 1.165) is 16.8 Å². The molecule has 0 aliphatic carbocycles. The second-order valence-electron chi connectivity index (χ2n) is 4.29. The first-order chi connectivity index (χ1) is 8.56. The minimum Gasteiger partial charge on any atom is -0.377 e. The van der Waals surface area contributed by atoms with Gasteiger partial charge in [-0.25, -0.2) is 4.39 Å². The molecule has 1 atom stereocenters. The summed E-state index contributed by atoms with van der Waals surface area (Å²) in [7, 11) is 0. The van der Waals surface area contributed by atoms with Crippen LogP contribution in [0.4, 0.5) is 10.1 Å². The molecule has 1 aromatic carbocycles. The highest BCUT2D eigenvalue weighted by molar-refractivity contribution is 6.30. The Hall–Kier alpha value is -1.61. The van der Waals surface area contributed by atoms with Crippen molar-refractivity contribution in [1.29, 1.82) is 0 Å². The molecule has 1 unspecified atom stereocenters. The van der Waals surface area contributed by atoms with Gasteiger partial charge in [-0.1, -0.05) is 17.7 Å². The van der Waals surface area contributed by atoms with Gasteiger partial charge >= 0.3 is 0 Å². The maximum Gasteiger partial charge on any atom is 0.141 e. The normalized spacial score (nSPS) is 12.2. The maximum absolute atomic E-state index is 13.1. The van der Waals surface area contributed by atoms with Crippen molar-refractivity contribution in [1.82, 2.24) is 4.98 Å². The summed E-state index contributed by atoms with van der Waals surface area (Å²) < 4.78 is 13.1. The monoisotopic (exact) mass is 264 g/mol. The highest BCUT2D eigenvalue weighted by Gasteiger charge is 2.08. The zero-order valence-corrected chi connectivity index (χ0v) is 11.0. The molecule has 2 nitrogen and oxygen atoms in total. The van der Waals surface area contributed by atoms with E-state index in [2.05, 4.69) is 10.3 Å². The Morgan fingerprint density at radius 2 is 2.06 bits per heavy atom. The van der Waals surface area contributed by atoms with Crippen LogP contribution >= 0.6 is 11.6 Å². The van der Waals surface area contributed by atoms with Crippen molar-refractivity contribution in [2.45, 2.75) is 19.9 Å². The van der Waals surface area contributed by atoms with Gasteiger partial charge in [0.1, 0.15) is 5.82 Å². The van der Waals surface area contributed by atoms with E-state index in [-0.39, 0.29) is 11.1 Å². The van der Waals surface area contributed by atoms with Gasteiger partial charge < -0.3 is 5.32 Å². The van der Waals surface area contributed by atoms with Crippen molar-refractivity contribution in [3.63, 3.8) is 0 Å². The Kier molecular flexibility index (Phi) is 3.82. The van der Waals surface area contributed by atoms with Crippen LogP contribution in [0.15, 0.2) is 36.7 Å². The minimum atomic E-state index is -0.398. The topological polar surface area (TPSA) is 24.9 Å². The van der Waals surface area contributed by atoms with E-state index in [9.17, 15) is 4.39 Å². The van der Waals surface area contributed by atoms with E-state index in [4.69, 9.17) is 11.6 Å². The number of pyridine rings is 1. The van der Waals surface area contributed by atoms with Crippen LogP contribution < -0.4 is 5.32 Å². The van der Waals surface area contributed by atoms with Crippen LogP contribution in [0.25, 0.3) is 0 Å². The number of benzene rings is 1. The predicted molar refractivity (Wildman–Crippen MR) is 72.4 cm³/mol. The highest BCUT2D eigenvalue weighted by atomic mass is 35.5. The molecule has 0 amide bonds. The molecule has 2 aromatic rings. The van der Waals surface area contributed by atoms with E-state index in [0.29, 0.717) is 0 Å². The van der Waals surface area contributed by atoms with E-state index in [1.807, 2.05) is 19.9 Å². The molecule has 1 aromatic heterocycles. The van der Waals surface area contributed by atoms with Crippen molar-refractivity contribution < 1.29 is 4.39 Å². The van der Waals surface area contributed by atoms with Gasteiger partial charge in [0, 0.05) is 18.4 Å². The summed E-state index contributed by atoms with van der Waals surface area (Å²) in [6, 6.07) is 6.78. The lowest BCUT2D eigenvalue weighted by Crippen LogP contribution is -2.07. The molecule has 0 aliphatic rings. The highest BCUT2D eigenvalue weighted by Crippen LogP contribution is 2.23. The zero-order valence-electron chi connectivity index (χ0n) is 10.2. The molecule has 2 rings (SSSR count). The van der Waals surface area contributed by atoms with Crippen LogP contribution in [-0.4, -0.2) is 4.98 Å². The number of anilines is 1. The molecular weight excluding hydrogens is 251 g/mol. The number of nitrogens with one attached hydrogen (secondary N) is 1. The van der Waals surface area contributed by atoms with E-state index in [1.54, 1.807) is 24.5 Å². The second kappa shape index (κ2) is 5.36. The minimum absolute atomic E-state index is 0.0340. The van der Waals surface area contributed by atoms with Gasteiger partial charge in [-0.3, -0.25) is 4.98 Å². The third kappa shape index (κ3) is 2.99. The predicted octanol–water partition coefficient (Wildman–Crippen LogP) is 4.36. The molecule has 18 heavy (non-hydrogen) atoms. The van der Waals surface area contributed by atoms with Crippen molar-refractivity contribution in [3.05, 3.63) is 58.6 Å². The fourth-order valence-electron chi connectivity index (χ4n) is 1.75. The average Bonchev–Trinajstić information content (AvgIpc) is 2.32. The first-order valence-electron chi connectivity index (χ1n) is 5.69. The second-order valence-corrected chi connectivity index (χ2v) is 4.70. The average molecular weight is 265 g/mol. The van der Waals surface area contributed by atoms with Gasteiger partial charge in [-0.2, -0.15) is 0 Å². The smallest absolute Gasteiger partial charge is 0.141 e. The fraction of sp³-hybridized carbons (Fsp3) is 0.214. The summed E-state index contributed by atoms with van der Waals surface area (Å²) in [6.07, 6.45) is 3.55. The molecule has 94 valence electrons. The lowest BCUT2D eigenvalue weighted by atomic mass is 10.1. The molecule has 0 radical (unpaired) electrons. The van der Waals surface area contributed by atoms with Gasteiger partial charge in [0.25, 0.3) is 0 Å². The van der Waals surface area contributed by atoms with E-state index in [1.165, 1.54) is 6.07 Å². The van der Waals surface area contributed by atoms with Crippen LogP contribution in [0.3, 0.4) is 0 Å². The summed E-state index contributed by atoms with van der Waals surface area (Å²) >= 11 is 5.77. The maximum atomic E-state index is 13.1. The van der Waals surface area contributed by atoms with Gasteiger partial charge in [-0.05, 0) is 43.2 Å². The Balaban J connectivity index is 2.16. The number of hydrogen-bond donors (Lipinski definition) is 1. The number of halogens is 2. The largest absolute Gasteiger partial charge is 0.377 e. The van der Waals surface area contributed by atoms with Crippen molar-refractivity contribution in [2.75, 3.05) is 5.32 Å². The Labute approximate surface area is 111 Å². The van der Waals surface area contributed by atoms with Crippen molar-refractivity contribution >= 4 is 17.3 Å². The molecule has 0 saturated heterocycles. The summed E-state index contributed by atoms with van der Waals surface area (Å²) in [5, 5.41) is 3.44. The molecule has 1 heterocycles. The van der Waals surface area contributed by atoms with Crippen LogP contribution in [0.1, 0.15) is 24.1 Å². The molecule has 0 aliphatic heterocycles. The molecule has 0 saturated carbocycles. The zero-order chi connectivity index (χ0) is 13.1. The molecule has 0 fully saturated rings. The van der Waals surface area contributed by atoms with E-state index < -0.39 is 5.82 Å². The summed E-state index contributed by atoms with van der Waals surface area (Å²) in [6.45, 7) is 3.98. The molecule has 0 spiro atoms. The van der Waals surface area contributed by atoms with Crippen LogP contribution in [0, 0.1) is 12.7 Å². The molecule has 0 bridgehead atoms. The van der Waals surface area contributed by atoms with Gasteiger partial charge in [0.2, 0.25) is 0 Å². The lowest BCUT2D eigenvalue weighted by Gasteiger charge is -2.16. The van der Waals surface area contributed by atoms with Crippen LogP contribution in [0.5, 0.6) is 0 Å². The number of aryl methyl sites for hydroxylation is 1. The Bertz CT molecular complexity index is 557. The van der Waals surface area contributed by atoms with Gasteiger partial charge in [0.05, 0.1) is 10.7 Å². The standard InChI is InChI=1S/C14H14ClFN2/c1-9-5-12(8-17-7-9)18-10(2)11-3-4-14(16)13(15)6-11/h3-8,10,18H,1-2H3.